The van der Waals surface area contributed by atoms with Crippen LogP contribution in [0.5, 0.6) is 5.75 Å². The number of benzene rings is 2. The molecule has 0 aliphatic carbocycles. The molecule has 6 heteroatoms. The first-order valence-corrected chi connectivity index (χ1v) is 10.1. The van der Waals surface area contributed by atoms with Crippen molar-refractivity contribution in [2.75, 3.05) is 19.7 Å². The highest BCUT2D eigenvalue weighted by Gasteiger charge is 2.24. The second kappa shape index (κ2) is 9.21. The number of halogens is 1. The number of carbonyl (C=O) groups excluding carboxylic acids is 2. The Labute approximate surface area is 172 Å². The molecule has 1 fully saturated rings. The Morgan fingerprint density at radius 1 is 1.11 bits per heavy atom. The predicted molar refractivity (Wildman–Crippen MR) is 111 cm³/mol. The predicted octanol–water partition coefficient (Wildman–Crippen LogP) is 3.63. The third-order valence-electron chi connectivity index (χ3n) is 4.84. The van der Waals surface area contributed by atoms with E-state index in [1.165, 1.54) is 17.7 Å². The summed E-state index contributed by atoms with van der Waals surface area (Å²) in [7, 11) is 0. The van der Waals surface area contributed by atoms with E-state index in [1.807, 2.05) is 40.8 Å². The van der Waals surface area contributed by atoms with Crippen LogP contribution in [-0.4, -0.2) is 41.6 Å². The van der Waals surface area contributed by atoms with Crippen LogP contribution in [0.15, 0.2) is 48.5 Å². The average Bonchev–Trinajstić information content (AvgIpc) is 2.69. The number of phenols is 1. The summed E-state index contributed by atoms with van der Waals surface area (Å²) >= 11 is 2.05. The molecule has 0 spiro atoms. The van der Waals surface area contributed by atoms with E-state index in [0.29, 0.717) is 19.0 Å². The van der Waals surface area contributed by atoms with Gasteiger partial charge in [0.05, 0.1) is 0 Å². The molecule has 0 aromatic heterocycles. The molecule has 27 heavy (non-hydrogen) atoms. The van der Waals surface area contributed by atoms with Crippen molar-refractivity contribution in [1.82, 2.24) is 4.90 Å². The molecular weight excluding hydrogens is 457 g/mol. The van der Waals surface area contributed by atoms with Gasteiger partial charge in [0.1, 0.15) is 11.3 Å². The molecule has 0 bridgehead atoms. The van der Waals surface area contributed by atoms with E-state index in [-0.39, 0.29) is 23.8 Å². The number of esters is 1. The quantitative estimate of drug-likeness (QED) is 0.526. The largest absolute Gasteiger partial charge is 0.507 e. The lowest BCUT2D eigenvalue weighted by Gasteiger charge is -2.32. The molecule has 0 radical (unpaired) electrons. The number of phenolic OH excluding ortho intramolecular Hbond substituents is 1. The molecule has 1 N–H and O–H groups in total. The lowest BCUT2D eigenvalue weighted by molar-refractivity contribution is -0.135. The Bertz CT molecular complexity index is 801. The van der Waals surface area contributed by atoms with Gasteiger partial charge < -0.3 is 14.7 Å². The van der Waals surface area contributed by atoms with E-state index in [2.05, 4.69) is 12.1 Å². The SMILES string of the molecule is O=C(OCC(=O)N1CCC(Cc2ccccc2)CC1)c1cc(I)ccc1O. The maximum atomic E-state index is 12.3. The van der Waals surface area contributed by atoms with Gasteiger partial charge in [0.15, 0.2) is 6.61 Å². The first kappa shape index (κ1) is 19.7. The van der Waals surface area contributed by atoms with Gasteiger partial charge in [0.2, 0.25) is 0 Å². The maximum absolute atomic E-state index is 12.3. The summed E-state index contributed by atoms with van der Waals surface area (Å²) < 4.78 is 5.92. The fraction of sp³-hybridized carbons (Fsp3) is 0.333. The number of hydrogen-bond acceptors (Lipinski definition) is 4. The topological polar surface area (TPSA) is 66.8 Å². The van der Waals surface area contributed by atoms with Crippen molar-refractivity contribution >= 4 is 34.5 Å². The lowest BCUT2D eigenvalue weighted by atomic mass is 9.90. The molecule has 1 aliphatic rings. The first-order valence-electron chi connectivity index (χ1n) is 9.00. The van der Waals surface area contributed by atoms with Crippen molar-refractivity contribution in [3.63, 3.8) is 0 Å². The number of carbonyl (C=O) groups is 2. The van der Waals surface area contributed by atoms with Crippen LogP contribution >= 0.6 is 22.6 Å². The van der Waals surface area contributed by atoms with Crippen LogP contribution < -0.4 is 0 Å². The number of nitrogens with zero attached hydrogens (tertiary/aromatic N) is 1. The number of hydrogen-bond donors (Lipinski definition) is 1. The highest BCUT2D eigenvalue weighted by atomic mass is 127. The van der Waals surface area contributed by atoms with Crippen molar-refractivity contribution in [3.05, 3.63) is 63.2 Å². The van der Waals surface area contributed by atoms with Gasteiger partial charge in [-0.25, -0.2) is 4.79 Å². The van der Waals surface area contributed by atoms with Gasteiger partial charge in [-0.1, -0.05) is 30.3 Å². The van der Waals surface area contributed by atoms with Crippen LogP contribution in [0.25, 0.3) is 0 Å². The van der Waals surface area contributed by atoms with Crippen molar-refractivity contribution in [1.29, 1.82) is 0 Å². The van der Waals surface area contributed by atoms with Crippen LogP contribution in [0, 0.1) is 9.49 Å². The molecule has 1 saturated heterocycles. The minimum atomic E-state index is -0.682. The minimum Gasteiger partial charge on any atom is -0.507 e. The van der Waals surface area contributed by atoms with E-state index in [0.717, 1.165) is 22.8 Å². The smallest absolute Gasteiger partial charge is 0.342 e. The van der Waals surface area contributed by atoms with Gasteiger partial charge in [0, 0.05) is 16.7 Å². The lowest BCUT2D eigenvalue weighted by Crippen LogP contribution is -2.41. The van der Waals surface area contributed by atoms with Crippen molar-refractivity contribution in [2.45, 2.75) is 19.3 Å². The molecule has 142 valence electrons. The zero-order valence-electron chi connectivity index (χ0n) is 14.9. The Morgan fingerprint density at radius 3 is 2.52 bits per heavy atom. The normalized spacial score (nSPS) is 14.8. The number of rotatable bonds is 5. The van der Waals surface area contributed by atoms with Crippen LogP contribution in [0.3, 0.4) is 0 Å². The van der Waals surface area contributed by atoms with Crippen LogP contribution in [0.4, 0.5) is 0 Å². The number of likely N-dealkylation sites (tertiary alicyclic amines) is 1. The zero-order chi connectivity index (χ0) is 19.2. The molecule has 1 heterocycles. The summed E-state index contributed by atoms with van der Waals surface area (Å²) in [6.45, 7) is 1.07. The summed E-state index contributed by atoms with van der Waals surface area (Å²) in [5, 5.41) is 9.77. The summed E-state index contributed by atoms with van der Waals surface area (Å²) in [5.74, 6) is -0.443. The highest BCUT2D eigenvalue weighted by Crippen LogP contribution is 2.23. The Hall–Kier alpha value is -2.09. The van der Waals surface area contributed by atoms with Crippen LogP contribution in [0.2, 0.25) is 0 Å². The van der Waals surface area contributed by atoms with Crippen LogP contribution in [-0.2, 0) is 16.0 Å². The number of piperidine rings is 1. The number of ether oxygens (including phenoxy) is 1. The maximum Gasteiger partial charge on any atom is 0.342 e. The number of amides is 1. The molecular formula is C21H22INO4. The highest BCUT2D eigenvalue weighted by molar-refractivity contribution is 14.1. The summed E-state index contributed by atoms with van der Waals surface area (Å²) in [4.78, 5) is 26.2. The van der Waals surface area contributed by atoms with Gasteiger partial charge in [0.25, 0.3) is 5.91 Å². The van der Waals surface area contributed by atoms with Crippen molar-refractivity contribution < 1.29 is 19.4 Å². The van der Waals surface area contributed by atoms with Crippen LogP contribution in [0.1, 0.15) is 28.8 Å². The summed E-state index contributed by atoms with van der Waals surface area (Å²) in [6, 6.07) is 15.1. The third kappa shape index (κ3) is 5.45. The Kier molecular flexibility index (Phi) is 6.71. The molecule has 2 aromatic carbocycles. The fourth-order valence-corrected chi connectivity index (χ4v) is 3.79. The summed E-state index contributed by atoms with van der Waals surface area (Å²) in [5.41, 5.74) is 1.41. The van der Waals surface area contributed by atoms with Gasteiger partial charge in [-0.2, -0.15) is 0 Å². The van der Waals surface area contributed by atoms with E-state index >= 15 is 0 Å². The molecule has 5 nitrogen and oxygen atoms in total. The van der Waals surface area contributed by atoms with E-state index < -0.39 is 5.97 Å². The van der Waals surface area contributed by atoms with E-state index in [1.54, 1.807) is 11.0 Å². The molecule has 1 amide bonds. The third-order valence-corrected chi connectivity index (χ3v) is 5.51. The second-order valence-electron chi connectivity index (χ2n) is 6.75. The average molecular weight is 479 g/mol. The van der Waals surface area contributed by atoms with Gasteiger partial charge in [-0.05, 0) is 71.5 Å². The molecule has 0 unspecified atom stereocenters. The van der Waals surface area contributed by atoms with Crippen molar-refractivity contribution in [2.24, 2.45) is 5.92 Å². The van der Waals surface area contributed by atoms with Gasteiger partial charge >= 0.3 is 5.97 Å². The molecule has 0 saturated carbocycles. The second-order valence-corrected chi connectivity index (χ2v) is 8.00. The van der Waals surface area contributed by atoms with Gasteiger partial charge in [-0.15, -0.1) is 0 Å². The zero-order valence-corrected chi connectivity index (χ0v) is 17.1. The number of aromatic hydroxyl groups is 1. The first-order chi connectivity index (χ1) is 13.0. The minimum absolute atomic E-state index is 0.0799. The Balaban J connectivity index is 1.45. The molecule has 1 aliphatic heterocycles. The fourth-order valence-electron chi connectivity index (χ4n) is 3.30. The Morgan fingerprint density at radius 2 is 1.81 bits per heavy atom. The van der Waals surface area contributed by atoms with Crippen molar-refractivity contribution in [3.8, 4) is 5.75 Å². The standard InChI is InChI=1S/C21H22INO4/c22-17-6-7-19(24)18(13-17)21(26)27-14-20(25)23-10-8-16(9-11-23)12-15-4-2-1-3-5-15/h1-7,13,16,24H,8-12,14H2. The molecule has 2 aromatic rings. The van der Waals surface area contributed by atoms with Gasteiger partial charge in [-0.3, -0.25) is 4.79 Å². The van der Waals surface area contributed by atoms with E-state index in [9.17, 15) is 14.7 Å². The monoisotopic (exact) mass is 479 g/mol. The van der Waals surface area contributed by atoms with E-state index in [4.69, 9.17) is 4.74 Å². The molecule has 3 rings (SSSR count). The summed E-state index contributed by atoms with van der Waals surface area (Å²) in [6.07, 6.45) is 2.93. The molecule has 0 atom stereocenters.